The van der Waals surface area contributed by atoms with Crippen LogP contribution in [-0.2, 0) is 14.8 Å². The number of thiophene rings is 1. The van der Waals surface area contributed by atoms with Crippen LogP contribution in [0.25, 0.3) is 6.08 Å². The minimum Gasteiger partial charge on any atom is -0.267 e. The second kappa shape index (κ2) is 6.77. The summed E-state index contributed by atoms with van der Waals surface area (Å²) in [5.74, 6) is -0.478. The van der Waals surface area contributed by atoms with E-state index >= 15 is 0 Å². The van der Waals surface area contributed by atoms with Crippen molar-refractivity contribution in [1.82, 2.24) is 9.84 Å². The van der Waals surface area contributed by atoms with Crippen LogP contribution >= 0.6 is 35.3 Å². The molecule has 0 unspecified atom stereocenters. The van der Waals surface area contributed by atoms with Gasteiger partial charge in [-0.25, -0.2) is 13.4 Å². The van der Waals surface area contributed by atoms with E-state index in [1.165, 1.54) is 23.5 Å². The van der Waals surface area contributed by atoms with E-state index in [0.717, 1.165) is 27.2 Å². The number of sulfonamides is 1. The van der Waals surface area contributed by atoms with Crippen LogP contribution in [0.1, 0.15) is 10.4 Å². The molecule has 1 amide bonds. The Bertz CT molecular complexity index is 916. The van der Waals surface area contributed by atoms with E-state index in [2.05, 4.69) is 4.83 Å². The summed E-state index contributed by atoms with van der Waals surface area (Å²) in [5.41, 5.74) is 0.943. The number of hydrogen-bond donors (Lipinski definition) is 1. The Kier molecular flexibility index (Phi) is 4.88. The van der Waals surface area contributed by atoms with Gasteiger partial charge in [-0.15, -0.1) is 16.2 Å². The van der Waals surface area contributed by atoms with Crippen molar-refractivity contribution < 1.29 is 13.2 Å². The summed E-state index contributed by atoms with van der Waals surface area (Å²) >= 11 is 7.68. The summed E-state index contributed by atoms with van der Waals surface area (Å²) in [6, 6.07) is 10.1. The van der Waals surface area contributed by atoms with E-state index in [0.29, 0.717) is 4.91 Å². The lowest BCUT2D eigenvalue weighted by molar-refractivity contribution is -0.123. The van der Waals surface area contributed by atoms with Gasteiger partial charge in [0, 0.05) is 4.88 Å². The molecule has 1 aliphatic rings. The van der Waals surface area contributed by atoms with Gasteiger partial charge >= 0.3 is 0 Å². The van der Waals surface area contributed by atoms with E-state index in [1.54, 1.807) is 18.2 Å². The molecule has 2 aromatic rings. The molecule has 1 aliphatic heterocycles. The second-order valence-electron chi connectivity index (χ2n) is 4.94. The van der Waals surface area contributed by atoms with Crippen LogP contribution in [0.4, 0.5) is 0 Å². The third-order valence-corrected chi connectivity index (χ3v) is 6.59. The molecule has 0 atom stereocenters. The van der Waals surface area contributed by atoms with Gasteiger partial charge in [-0.2, -0.15) is 0 Å². The van der Waals surface area contributed by atoms with Gasteiger partial charge in [0.1, 0.15) is 0 Å². The van der Waals surface area contributed by atoms with Gasteiger partial charge in [-0.05, 0) is 36.6 Å². The molecule has 1 saturated heterocycles. The van der Waals surface area contributed by atoms with Crippen LogP contribution in [0.15, 0.2) is 51.6 Å². The molecule has 0 aliphatic carbocycles. The molecule has 1 N–H and O–H groups in total. The maximum absolute atomic E-state index is 12.4. The fraction of sp³-hybridized carbons (Fsp3) is 0.0667. The number of rotatable bonds is 4. The normalized spacial score (nSPS) is 17.0. The van der Waals surface area contributed by atoms with E-state index < -0.39 is 15.9 Å². The molecule has 3 rings (SSSR count). The van der Waals surface area contributed by atoms with Gasteiger partial charge < -0.3 is 0 Å². The quantitative estimate of drug-likeness (QED) is 0.635. The Morgan fingerprint density at radius 2 is 1.92 bits per heavy atom. The predicted octanol–water partition coefficient (Wildman–Crippen LogP) is 3.15. The van der Waals surface area contributed by atoms with Gasteiger partial charge in [0.15, 0.2) is 4.32 Å². The lowest BCUT2D eigenvalue weighted by atomic mass is 10.2. The monoisotopic (exact) mass is 396 g/mol. The summed E-state index contributed by atoms with van der Waals surface area (Å²) in [5, 5.41) is 2.79. The summed E-state index contributed by atoms with van der Waals surface area (Å²) in [4.78, 5) is 16.0. The first-order chi connectivity index (χ1) is 11.4. The van der Waals surface area contributed by atoms with Crippen LogP contribution in [0, 0.1) is 6.92 Å². The maximum atomic E-state index is 12.4. The zero-order chi connectivity index (χ0) is 17.3. The van der Waals surface area contributed by atoms with E-state index in [9.17, 15) is 13.2 Å². The van der Waals surface area contributed by atoms with Gasteiger partial charge in [0.05, 0.1) is 9.80 Å². The number of thioether (sulfide) groups is 1. The molecule has 0 spiro atoms. The average molecular weight is 397 g/mol. The van der Waals surface area contributed by atoms with Crippen molar-refractivity contribution in [2.75, 3.05) is 0 Å². The summed E-state index contributed by atoms with van der Waals surface area (Å²) < 4.78 is 25.0. The number of amides is 1. The van der Waals surface area contributed by atoms with Crippen molar-refractivity contribution in [1.29, 1.82) is 0 Å². The molecule has 1 aromatic heterocycles. The van der Waals surface area contributed by atoms with Crippen LogP contribution in [-0.4, -0.2) is 23.7 Å². The average Bonchev–Trinajstić information content (AvgIpc) is 3.12. The van der Waals surface area contributed by atoms with Crippen LogP contribution < -0.4 is 4.83 Å². The lowest BCUT2D eigenvalue weighted by Gasteiger charge is -2.16. The molecular weight excluding hydrogens is 384 g/mol. The standard InChI is InChI=1S/C15H12N2O3S4/c1-10-4-6-12(7-5-10)24(19,20)16-17-14(18)13(23-15(17)21)9-11-3-2-8-22-11/h2-9,16H,1H3. The fourth-order valence-electron chi connectivity index (χ4n) is 1.94. The zero-order valence-electron chi connectivity index (χ0n) is 12.4. The molecule has 1 fully saturated rings. The third kappa shape index (κ3) is 3.60. The molecule has 5 nitrogen and oxygen atoms in total. The maximum Gasteiger partial charge on any atom is 0.281 e. The summed E-state index contributed by atoms with van der Waals surface area (Å²) in [6.07, 6.45) is 1.70. The van der Waals surface area contributed by atoms with E-state index in [4.69, 9.17) is 12.2 Å². The highest BCUT2D eigenvalue weighted by Gasteiger charge is 2.35. The number of nitrogens with one attached hydrogen (secondary N) is 1. The third-order valence-electron chi connectivity index (χ3n) is 3.15. The van der Waals surface area contributed by atoms with Crippen molar-refractivity contribution in [3.8, 4) is 0 Å². The number of hydrogen-bond acceptors (Lipinski definition) is 6. The Labute approximate surface area is 153 Å². The first kappa shape index (κ1) is 17.3. The number of nitrogens with zero attached hydrogens (tertiary/aromatic N) is 1. The SMILES string of the molecule is Cc1ccc(S(=O)(=O)NN2C(=O)C(=Cc3cccs3)SC2=S)cc1. The molecule has 0 bridgehead atoms. The topological polar surface area (TPSA) is 66.5 Å². The molecule has 0 saturated carbocycles. The van der Waals surface area contributed by atoms with Gasteiger partial charge in [-0.1, -0.05) is 47.7 Å². The van der Waals surface area contributed by atoms with Crippen molar-refractivity contribution in [3.63, 3.8) is 0 Å². The van der Waals surface area contributed by atoms with Crippen molar-refractivity contribution in [2.24, 2.45) is 0 Å². The highest BCUT2D eigenvalue weighted by molar-refractivity contribution is 8.26. The van der Waals surface area contributed by atoms with E-state index in [1.807, 2.05) is 24.4 Å². The van der Waals surface area contributed by atoms with Crippen molar-refractivity contribution in [2.45, 2.75) is 11.8 Å². The molecule has 2 heterocycles. The zero-order valence-corrected chi connectivity index (χ0v) is 15.7. The predicted molar refractivity (Wildman–Crippen MR) is 101 cm³/mol. The molecule has 124 valence electrons. The minimum absolute atomic E-state index is 0.0735. The number of carbonyl (C=O) groups excluding carboxylic acids is 1. The second-order valence-corrected chi connectivity index (χ2v) is 9.26. The number of hydrazine groups is 1. The van der Waals surface area contributed by atoms with Crippen molar-refractivity contribution in [3.05, 3.63) is 57.1 Å². The lowest BCUT2D eigenvalue weighted by Crippen LogP contribution is -2.44. The summed E-state index contributed by atoms with van der Waals surface area (Å²) in [6.45, 7) is 1.86. The Hall–Kier alpha value is -1.52. The van der Waals surface area contributed by atoms with Crippen LogP contribution in [0.3, 0.4) is 0 Å². The largest absolute Gasteiger partial charge is 0.281 e. The van der Waals surface area contributed by atoms with Gasteiger partial charge in [0.2, 0.25) is 0 Å². The Morgan fingerprint density at radius 3 is 2.54 bits per heavy atom. The first-order valence-electron chi connectivity index (χ1n) is 6.77. The summed E-state index contributed by atoms with van der Waals surface area (Å²) in [7, 11) is -3.88. The highest BCUT2D eigenvalue weighted by atomic mass is 32.2. The molecule has 1 aromatic carbocycles. The smallest absolute Gasteiger partial charge is 0.267 e. The number of thiocarbonyl (C=S) groups is 1. The van der Waals surface area contributed by atoms with Gasteiger partial charge in [-0.3, -0.25) is 4.79 Å². The fourth-order valence-corrected chi connectivity index (χ4v) is 4.97. The molecule has 24 heavy (non-hydrogen) atoms. The number of carbonyl (C=O) groups is 1. The Balaban J connectivity index is 1.83. The van der Waals surface area contributed by atoms with Crippen LogP contribution in [0.5, 0.6) is 0 Å². The van der Waals surface area contributed by atoms with Gasteiger partial charge in [0.25, 0.3) is 15.9 Å². The molecule has 9 heteroatoms. The first-order valence-corrected chi connectivity index (χ1v) is 10.4. The molecular formula is C15H12N2O3S4. The minimum atomic E-state index is -3.88. The Morgan fingerprint density at radius 1 is 1.21 bits per heavy atom. The molecule has 0 radical (unpaired) electrons. The van der Waals surface area contributed by atoms with E-state index in [-0.39, 0.29) is 9.22 Å². The highest BCUT2D eigenvalue weighted by Crippen LogP contribution is 2.32. The number of benzene rings is 1. The number of aryl methyl sites for hydroxylation is 1. The van der Waals surface area contributed by atoms with Crippen LogP contribution in [0.2, 0.25) is 0 Å². The van der Waals surface area contributed by atoms with Crippen molar-refractivity contribution >= 4 is 61.6 Å².